The summed E-state index contributed by atoms with van der Waals surface area (Å²) in [4.78, 5) is 15.2. The Kier molecular flexibility index (Phi) is 5.83. The van der Waals surface area contributed by atoms with Gasteiger partial charge in [-0.3, -0.25) is 0 Å². The molecule has 3 N–H and O–H groups in total. The number of alkyl halides is 3. The normalized spacial score (nSPS) is 22.0. The Morgan fingerprint density at radius 3 is 2.66 bits per heavy atom. The lowest BCUT2D eigenvalue weighted by Crippen LogP contribution is -2.36. The number of hydrogen-bond donors (Lipinski definition) is 3. The summed E-state index contributed by atoms with van der Waals surface area (Å²) in [6.45, 7) is 1.56. The van der Waals surface area contributed by atoms with Crippen LogP contribution in [0, 0.1) is 11.3 Å². The Morgan fingerprint density at radius 1 is 1.28 bits per heavy atom. The van der Waals surface area contributed by atoms with E-state index in [0.29, 0.717) is 31.5 Å². The van der Waals surface area contributed by atoms with Crippen molar-refractivity contribution in [2.75, 3.05) is 10.6 Å². The molecule has 11 heteroatoms. The summed E-state index contributed by atoms with van der Waals surface area (Å²) >= 11 is 0. The predicted molar refractivity (Wildman–Crippen MR) is 97.6 cm³/mol. The molecule has 1 aliphatic rings. The minimum atomic E-state index is -4.60. The lowest BCUT2D eigenvalue weighted by Gasteiger charge is -2.33. The van der Waals surface area contributed by atoms with Gasteiger partial charge < -0.3 is 15.7 Å². The van der Waals surface area contributed by atoms with E-state index in [1.807, 2.05) is 6.07 Å². The van der Waals surface area contributed by atoms with Crippen LogP contribution >= 0.6 is 0 Å². The molecule has 0 saturated heterocycles. The minimum absolute atomic E-state index is 0.0319. The third-order valence-electron chi connectivity index (χ3n) is 4.81. The van der Waals surface area contributed by atoms with Crippen molar-refractivity contribution in [1.82, 2.24) is 19.9 Å². The van der Waals surface area contributed by atoms with Gasteiger partial charge in [0.25, 0.3) is 0 Å². The molecule has 2 aromatic heterocycles. The summed E-state index contributed by atoms with van der Waals surface area (Å²) in [5.74, 6) is 0.378. The Labute approximate surface area is 165 Å². The number of nitriles is 1. The van der Waals surface area contributed by atoms with E-state index in [-0.39, 0.29) is 29.7 Å². The van der Waals surface area contributed by atoms with E-state index in [1.165, 1.54) is 6.20 Å². The van der Waals surface area contributed by atoms with E-state index in [1.54, 1.807) is 6.92 Å². The molecule has 0 aliphatic heterocycles. The maximum Gasteiger partial charge on any atom is 0.433 e. The zero-order valence-electron chi connectivity index (χ0n) is 15.7. The minimum Gasteiger partial charge on any atom is -0.390 e. The fraction of sp³-hybridized carbons (Fsp3) is 0.500. The highest BCUT2D eigenvalue weighted by Crippen LogP contribution is 2.31. The fourth-order valence-electron chi connectivity index (χ4n) is 3.15. The number of halogens is 3. The van der Waals surface area contributed by atoms with E-state index in [9.17, 15) is 23.5 Å². The number of rotatable bonds is 5. The Balaban J connectivity index is 1.72. The monoisotopic (exact) mass is 407 g/mol. The average Bonchev–Trinajstić information content (AvgIpc) is 2.68. The topological polar surface area (TPSA) is 120 Å². The molecule has 0 atom stereocenters. The first-order chi connectivity index (χ1) is 13.7. The van der Waals surface area contributed by atoms with Crippen molar-refractivity contribution >= 4 is 11.8 Å². The van der Waals surface area contributed by atoms with Crippen LogP contribution in [-0.2, 0) is 12.7 Å². The Morgan fingerprint density at radius 2 is 2.00 bits per heavy atom. The summed E-state index contributed by atoms with van der Waals surface area (Å²) < 4.78 is 39.1. The van der Waals surface area contributed by atoms with Crippen LogP contribution in [0.5, 0.6) is 0 Å². The molecule has 1 aliphatic carbocycles. The molecule has 0 spiro atoms. The van der Waals surface area contributed by atoms with Crippen molar-refractivity contribution in [3.63, 3.8) is 0 Å². The Hall–Kier alpha value is -3.00. The van der Waals surface area contributed by atoms with E-state index in [2.05, 4.69) is 30.6 Å². The van der Waals surface area contributed by atoms with Crippen LogP contribution in [0.4, 0.5) is 24.9 Å². The maximum absolute atomic E-state index is 13.0. The number of aromatic nitrogens is 4. The first-order valence-electron chi connectivity index (χ1n) is 9.04. The van der Waals surface area contributed by atoms with Gasteiger partial charge in [-0.05, 0) is 32.6 Å². The third-order valence-corrected chi connectivity index (χ3v) is 4.81. The molecule has 0 unspecified atom stereocenters. The first-order valence-corrected chi connectivity index (χ1v) is 9.04. The van der Waals surface area contributed by atoms with E-state index < -0.39 is 17.5 Å². The maximum atomic E-state index is 13.0. The lowest BCUT2D eigenvalue weighted by atomic mass is 9.83. The number of anilines is 2. The predicted octanol–water partition coefficient (Wildman–Crippen LogP) is 2.87. The quantitative estimate of drug-likeness (QED) is 0.692. The van der Waals surface area contributed by atoms with Gasteiger partial charge in [0.2, 0.25) is 5.95 Å². The number of nitrogens with zero attached hydrogens (tertiary/aromatic N) is 5. The largest absolute Gasteiger partial charge is 0.433 e. The van der Waals surface area contributed by atoms with Gasteiger partial charge in [0.1, 0.15) is 23.8 Å². The van der Waals surface area contributed by atoms with Crippen LogP contribution in [0.2, 0.25) is 0 Å². The van der Waals surface area contributed by atoms with Crippen molar-refractivity contribution < 1.29 is 18.3 Å². The van der Waals surface area contributed by atoms with Crippen LogP contribution < -0.4 is 10.6 Å². The van der Waals surface area contributed by atoms with Crippen LogP contribution in [-0.4, -0.2) is 36.7 Å². The smallest absolute Gasteiger partial charge is 0.390 e. The van der Waals surface area contributed by atoms with E-state index in [4.69, 9.17) is 0 Å². The fourth-order valence-corrected chi connectivity index (χ4v) is 3.15. The molecule has 0 amide bonds. The lowest BCUT2D eigenvalue weighted by molar-refractivity contribution is -0.141. The van der Waals surface area contributed by atoms with Crippen LogP contribution in [0.3, 0.4) is 0 Å². The van der Waals surface area contributed by atoms with Crippen molar-refractivity contribution in [2.24, 2.45) is 0 Å². The Bertz CT molecular complexity index is 901. The average molecular weight is 407 g/mol. The molecule has 2 heterocycles. The molecule has 2 aromatic rings. The van der Waals surface area contributed by atoms with Gasteiger partial charge >= 0.3 is 6.18 Å². The molecule has 1 fully saturated rings. The molecular formula is C18H20F3N7O. The summed E-state index contributed by atoms with van der Waals surface area (Å²) in [7, 11) is 0. The van der Waals surface area contributed by atoms with E-state index in [0.717, 1.165) is 12.5 Å². The number of aliphatic hydroxyl groups is 1. The van der Waals surface area contributed by atoms with Crippen molar-refractivity contribution in [3.8, 4) is 6.07 Å². The highest BCUT2D eigenvalue weighted by molar-refractivity contribution is 5.54. The van der Waals surface area contributed by atoms with Gasteiger partial charge in [-0.15, -0.1) is 0 Å². The SMILES string of the molecule is CC1(O)CCC(Nc2nc(NCc3cncnc3C(F)(F)F)ncc2C#N)CC1. The highest BCUT2D eigenvalue weighted by Gasteiger charge is 2.35. The zero-order valence-corrected chi connectivity index (χ0v) is 15.7. The van der Waals surface area contributed by atoms with Crippen molar-refractivity contribution in [2.45, 2.75) is 57.0 Å². The summed E-state index contributed by atoms with van der Waals surface area (Å²) in [5, 5.41) is 25.2. The summed E-state index contributed by atoms with van der Waals surface area (Å²) in [6.07, 6.45) is 1.30. The summed E-state index contributed by atoms with van der Waals surface area (Å²) in [6, 6.07) is 2.03. The van der Waals surface area contributed by atoms with Crippen LogP contribution in [0.1, 0.15) is 49.4 Å². The van der Waals surface area contributed by atoms with Crippen LogP contribution in [0.25, 0.3) is 0 Å². The second kappa shape index (κ2) is 8.16. The molecule has 0 aromatic carbocycles. The second-order valence-corrected chi connectivity index (χ2v) is 7.23. The molecule has 154 valence electrons. The number of hydrogen-bond acceptors (Lipinski definition) is 8. The van der Waals surface area contributed by atoms with Gasteiger partial charge in [-0.25, -0.2) is 15.0 Å². The molecule has 0 radical (unpaired) electrons. The molecular weight excluding hydrogens is 387 g/mol. The summed E-state index contributed by atoms with van der Waals surface area (Å²) in [5.41, 5.74) is -1.63. The van der Waals surface area contributed by atoms with Gasteiger partial charge in [0.15, 0.2) is 5.69 Å². The second-order valence-electron chi connectivity index (χ2n) is 7.23. The molecule has 0 bridgehead atoms. The van der Waals surface area contributed by atoms with Crippen LogP contribution in [0.15, 0.2) is 18.7 Å². The van der Waals surface area contributed by atoms with E-state index >= 15 is 0 Å². The number of nitrogens with one attached hydrogen (secondary N) is 2. The van der Waals surface area contributed by atoms with Crippen molar-refractivity contribution in [3.05, 3.63) is 35.5 Å². The standard InChI is InChI=1S/C18H20F3N7O/c1-17(29)4-2-13(3-5-17)27-15-11(6-22)8-24-16(28-15)25-9-12-7-23-10-26-14(12)18(19,20)21/h7-8,10,13,29H,2-5,9H2,1H3,(H2,24,25,27,28). The zero-order chi connectivity index (χ0) is 21.1. The van der Waals surface area contributed by atoms with Gasteiger partial charge in [0, 0.05) is 24.3 Å². The van der Waals surface area contributed by atoms with Gasteiger partial charge in [0.05, 0.1) is 11.8 Å². The van der Waals surface area contributed by atoms with Crippen molar-refractivity contribution in [1.29, 1.82) is 5.26 Å². The first kappa shape index (κ1) is 20.7. The molecule has 29 heavy (non-hydrogen) atoms. The highest BCUT2D eigenvalue weighted by atomic mass is 19.4. The third kappa shape index (κ3) is 5.29. The molecule has 3 rings (SSSR count). The van der Waals surface area contributed by atoms with Gasteiger partial charge in [-0.2, -0.15) is 23.4 Å². The van der Waals surface area contributed by atoms with Gasteiger partial charge in [-0.1, -0.05) is 0 Å². The molecule has 1 saturated carbocycles. The molecule has 8 nitrogen and oxygen atoms in total.